The lowest BCUT2D eigenvalue weighted by atomic mass is 10.1. The van der Waals surface area contributed by atoms with E-state index in [0.717, 1.165) is 12.1 Å². The van der Waals surface area contributed by atoms with Crippen molar-refractivity contribution in [2.24, 2.45) is 5.92 Å². The van der Waals surface area contributed by atoms with Crippen LogP contribution in [0.15, 0.2) is 43.0 Å². The lowest BCUT2D eigenvalue weighted by Crippen LogP contribution is -2.41. The highest BCUT2D eigenvalue weighted by molar-refractivity contribution is 5.74. The molecule has 0 radical (unpaired) electrons. The van der Waals surface area contributed by atoms with Crippen LogP contribution in [0.5, 0.6) is 0 Å². The monoisotopic (exact) mass is 313 g/mol. The van der Waals surface area contributed by atoms with Crippen LogP contribution in [-0.2, 0) is 6.54 Å². The maximum atomic E-state index is 12.2. The molecule has 1 saturated carbocycles. The number of aromatic nitrogens is 3. The molecular formula is C17H23N5O. The first-order chi connectivity index (χ1) is 11.3. The van der Waals surface area contributed by atoms with E-state index < -0.39 is 0 Å². The second-order valence-electron chi connectivity index (χ2n) is 6.09. The smallest absolute Gasteiger partial charge is 0.315 e. The van der Waals surface area contributed by atoms with Gasteiger partial charge in [-0.1, -0.05) is 43.2 Å². The summed E-state index contributed by atoms with van der Waals surface area (Å²) in [6, 6.07) is 9.68. The fourth-order valence-electron chi connectivity index (χ4n) is 3.09. The molecule has 23 heavy (non-hydrogen) atoms. The fourth-order valence-corrected chi connectivity index (χ4v) is 3.09. The van der Waals surface area contributed by atoms with Crippen molar-refractivity contribution in [3.05, 3.63) is 48.5 Å². The zero-order valence-electron chi connectivity index (χ0n) is 13.2. The van der Waals surface area contributed by atoms with Crippen molar-refractivity contribution in [2.75, 3.05) is 6.54 Å². The summed E-state index contributed by atoms with van der Waals surface area (Å²) in [7, 11) is 0. The van der Waals surface area contributed by atoms with Crippen LogP contribution in [-0.4, -0.2) is 27.3 Å². The predicted molar refractivity (Wildman–Crippen MR) is 87.7 cm³/mol. The summed E-state index contributed by atoms with van der Waals surface area (Å²) in [4.78, 5) is 16.2. The average molecular weight is 313 g/mol. The minimum Gasteiger partial charge on any atom is -0.338 e. The average Bonchev–Trinajstić information content (AvgIpc) is 3.27. The van der Waals surface area contributed by atoms with Crippen molar-refractivity contribution < 1.29 is 4.79 Å². The molecule has 1 heterocycles. The molecule has 2 aromatic rings. The van der Waals surface area contributed by atoms with Crippen molar-refractivity contribution in [1.29, 1.82) is 0 Å². The van der Waals surface area contributed by atoms with Crippen molar-refractivity contribution in [2.45, 2.75) is 38.3 Å². The van der Waals surface area contributed by atoms with Gasteiger partial charge in [0.2, 0.25) is 0 Å². The van der Waals surface area contributed by atoms with Crippen LogP contribution >= 0.6 is 0 Å². The number of nitrogens with zero attached hydrogens (tertiary/aromatic N) is 3. The molecule has 6 heteroatoms. The molecule has 0 aliphatic heterocycles. The van der Waals surface area contributed by atoms with Crippen molar-refractivity contribution in [3.63, 3.8) is 0 Å². The van der Waals surface area contributed by atoms with Gasteiger partial charge in [-0.3, -0.25) is 4.68 Å². The van der Waals surface area contributed by atoms with Gasteiger partial charge < -0.3 is 10.6 Å². The number of benzene rings is 1. The Kier molecular flexibility index (Phi) is 5.24. The van der Waals surface area contributed by atoms with Crippen LogP contribution in [0.3, 0.4) is 0 Å². The second-order valence-corrected chi connectivity index (χ2v) is 6.09. The Hall–Kier alpha value is -2.37. The Balaban J connectivity index is 1.59. The molecule has 3 rings (SSSR count). The Bertz CT molecular complexity index is 593. The zero-order chi connectivity index (χ0) is 15.9. The Morgan fingerprint density at radius 2 is 2.04 bits per heavy atom. The van der Waals surface area contributed by atoms with E-state index in [2.05, 4.69) is 20.7 Å². The number of amides is 2. The highest BCUT2D eigenvalue weighted by atomic mass is 16.2. The first kappa shape index (κ1) is 15.5. The van der Waals surface area contributed by atoms with Gasteiger partial charge in [-0.05, 0) is 24.3 Å². The van der Waals surface area contributed by atoms with Crippen LogP contribution in [0.25, 0.3) is 0 Å². The molecule has 1 atom stereocenters. The Labute approximate surface area is 136 Å². The molecule has 1 aromatic heterocycles. The van der Waals surface area contributed by atoms with Gasteiger partial charge in [-0.15, -0.1) is 0 Å². The molecule has 2 N–H and O–H groups in total. The number of hydrogen-bond acceptors (Lipinski definition) is 3. The standard InChI is InChI=1S/C17H23N5O/c23-17(19-10-14-6-4-5-7-14)21-16(11-22-13-18-12-20-22)15-8-2-1-3-9-15/h1-3,8-9,12-14,16H,4-7,10-11H2,(H2,19,21,23). The number of carbonyl (C=O) groups is 1. The van der Waals surface area contributed by atoms with Crippen molar-refractivity contribution >= 4 is 6.03 Å². The molecule has 6 nitrogen and oxygen atoms in total. The van der Waals surface area contributed by atoms with Crippen LogP contribution in [0.4, 0.5) is 4.79 Å². The van der Waals surface area contributed by atoms with Gasteiger partial charge in [0.25, 0.3) is 0 Å². The molecule has 1 fully saturated rings. The zero-order valence-corrected chi connectivity index (χ0v) is 13.2. The third kappa shape index (κ3) is 4.55. The van der Waals surface area contributed by atoms with E-state index in [1.165, 1.54) is 32.0 Å². The number of nitrogens with one attached hydrogen (secondary N) is 2. The predicted octanol–water partition coefficient (Wildman–Crippen LogP) is 2.51. The summed E-state index contributed by atoms with van der Waals surface area (Å²) in [6.45, 7) is 1.32. The lowest BCUT2D eigenvalue weighted by molar-refractivity contribution is 0.233. The summed E-state index contributed by atoms with van der Waals surface area (Å²) >= 11 is 0. The normalized spacial score (nSPS) is 16.2. The van der Waals surface area contributed by atoms with Crippen molar-refractivity contribution in [1.82, 2.24) is 25.4 Å². The minimum atomic E-state index is -0.138. The SMILES string of the molecule is O=C(NCC1CCCC1)NC(Cn1cncn1)c1ccccc1. The van der Waals surface area contributed by atoms with E-state index >= 15 is 0 Å². The summed E-state index contributed by atoms with van der Waals surface area (Å²) < 4.78 is 1.73. The largest absolute Gasteiger partial charge is 0.338 e. The summed E-state index contributed by atoms with van der Waals surface area (Å²) in [5.41, 5.74) is 1.05. The number of rotatable bonds is 6. The van der Waals surface area contributed by atoms with Gasteiger partial charge in [0, 0.05) is 6.54 Å². The molecule has 122 valence electrons. The van der Waals surface area contributed by atoms with Gasteiger partial charge >= 0.3 is 6.03 Å². The minimum absolute atomic E-state index is 0.120. The van der Waals surface area contributed by atoms with Gasteiger partial charge in [-0.2, -0.15) is 5.10 Å². The summed E-state index contributed by atoms with van der Waals surface area (Å²) in [5, 5.41) is 10.2. The quantitative estimate of drug-likeness (QED) is 0.860. The van der Waals surface area contributed by atoms with E-state index in [1.54, 1.807) is 11.0 Å². The first-order valence-corrected chi connectivity index (χ1v) is 8.23. The summed E-state index contributed by atoms with van der Waals surface area (Å²) in [6.07, 6.45) is 8.18. The van der Waals surface area contributed by atoms with E-state index in [1.807, 2.05) is 30.3 Å². The number of carbonyl (C=O) groups excluding carboxylic acids is 1. The maximum Gasteiger partial charge on any atom is 0.315 e. The van der Waals surface area contributed by atoms with E-state index in [9.17, 15) is 4.79 Å². The number of hydrogen-bond donors (Lipinski definition) is 2. The van der Waals surface area contributed by atoms with Crippen LogP contribution in [0, 0.1) is 5.92 Å². The molecule has 0 spiro atoms. The molecule has 2 amide bonds. The van der Waals surface area contributed by atoms with Crippen LogP contribution < -0.4 is 10.6 Å². The van der Waals surface area contributed by atoms with E-state index in [0.29, 0.717) is 12.5 Å². The topological polar surface area (TPSA) is 71.8 Å². The van der Waals surface area contributed by atoms with Gasteiger partial charge in [0.15, 0.2) is 0 Å². The molecule has 1 aliphatic rings. The molecule has 1 aromatic carbocycles. The Morgan fingerprint density at radius 3 is 2.74 bits per heavy atom. The highest BCUT2D eigenvalue weighted by Gasteiger charge is 2.18. The third-order valence-corrected chi connectivity index (χ3v) is 4.37. The second kappa shape index (κ2) is 7.76. The number of urea groups is 1. The Morgan fingerprint density at radius 1 is 1.26 bits per heavy atom. The third-order valence-electron chi connectivity index (χ3n) is 4.37. The molecule has 1 unspecified atom stereocenters. The van der Waals surface area contributed by atoms with Crippen LogP contribution in [0.2, 0.25) is 0 Å². The molecule has 0 bridgehead atoms. The van der Waals surface area contributed by atoms with Crippen molar-refractivity contribution in [3.8, 4) is 0 Å². The maximum absolute atomic E-state index is 12.2. The highest BCUT2D eigenvalue weighted by Crippen LogP contribution is 2.23. The molecule has 0 saturated heterocycles. The fraction of sp³-hybridized carbons (Fsp3) is 0.471. The lowest BCUT2D eigenvalue weighted by Gasteiger charge is -2.20. The molecule has 1 aliphatic carbocycles. The van der Waals surface area contributed by atoms with E-state index in [4.69, 9.17) is 0 Å². The van der Waals surface area contributed by atoms with Gasteiger partial charge in [-0.25, -0.2) is 9.78 Å². The molecular weight excluding hydrogens is 290 g/mol. The van der Waals surface area contributed by atoms with Gasteiger partial charge in [0.1, 0.15) is 12.7 Å². The first-order valence-electron chi connectivity index (χ1n) is 8.23. The van der Waals surface area contributed by atoms with E-state index in [-0.39, 0.29) is 12.1 Å². The summed E-state index contributed by atoms with van der Waals surface area (Å²) in [5.74, 6) is 0.631. The van der Waals surface area contributed by atoms with Gasteiger partial charge in [0.05, 0.1) is 12.6 Å². The van der Waals surface area contributed by atoms with Crippen LogP contribution in [0.1, 0.15) is 37.3 Å².